The van der Waals surface area contributed by atoms with Gasteiger partial charge in [-0.15, -0.1) is 0 Å². The van der Waals surface area contributed by atoms with E-state index in [2.05, 4.69) is 16.0 Å². The van der Waals surface area contributed by atoms with Crippen LogP contribution in [0.4, 0.5) is 0 Å². The van der Waals surface area contributed by atoms with Crippen LogP contribution in [0, 0.1) is 0 Å². The number of likely N-dealkylation sites (tertiary alicyclic amines) is 1. The average Bonchev–Trinajstić information content (AvgIpc) is 3.67. The minimum atomic E-state index is -1.29. The second-order valence-corrected chi connectivity index (χ2v) is 12.8. The summed E-state index contributed by atoms with van der Waals surface area (Å²) in [6.45, 7) is 1.32. The lowest BCUT2D eigenvalue weighted by Gasteiger charge is -2.38. The lowest BCUT2D eigenvalue weighted by atomic mass is 9.76. The van der Waals surface area contributed by atoms with Crippen molar-refractivity contribution in [2.75, 3.05) is 13.1 Å². The van der Waals surface area contributed by atoms with Crippen LogP contribution in [0.3, 0.4) is 0 Å². The minimum Gasteiger partial charge on any atom is -0.342 e. The lowest BCUT2D eigenvalue weighted by molar-refractivity contribution is -0.137. The number of hydrogen-bond acceptors (Lipinski definition) is 4. The Labute approximate surface area is 281 Å². The number of nitrogens with zero attached hydrogens (tertiary/aromatic N) is 1. The highest BCUT2D eigenvalue weighted by molar-refractivity contribution is 6.01. The molecule has 1 aliphatic heterocycles. The van der Waals surface area contributed by atoms with Crippen molar-refractivity contribution in [2.24, 2.45) is 0 Å². The summed E-state index contributed by atoms with van der Waals surface area (Å²) >= 11 is 0. The Morgan fingerprint density at radius 3 is 1.81 bits per heavy atom. The maximum absolute atomic E-state index is 14.5. The van der Waals surface area contributed by atoms with Crippen molar-refractivity contribution in [2.45, 2.75) is 62.6 Å². The fourth-order valence-corrected chi connectivity index (χ4v) is 6.81. The van der Waals surface area contributed by atoms with Gasteiger partial charge in [-0.2, -0.15) is 0 Å². The van der Waals surface area contributed by atoms with Crippen LogP contribution in [0.15, 0.2) is 115 Å². The zero-order chi connectivity index (χ0) is 33.3. The van der Waals surface area contributed by atoms with Gasteiger partial charge in [0.1, 0.15) is 17.6 Å². The van der Waals surface area contributed by atoms with Crippen LogP contribution in [0.5, 0.6) is 0 Å². The van der Waals surface area contributed by atoms with Crippen LogP contribution in [-0.4, -0.2) is 59.2 Å². The highest BCUT2D eigenvalue weighted by atomic mass is 16.2. The first-order valence-electron chi connectivity index (χ1n) is 16.8. The Bertz CT molecular complexity index is 1720. The molecule has 0 aromatic heterocycles. The molecule has 4 aromatic carbocycles. The third-order valence-corrected chi connectivity index (χ3v) is 9.47. The predicted octanol–water partition coefficient (Wildman–Crippen LogP) is 4.42. The molecule has 4 aromatic rings. The van der Waals surface area contributed by atoms with E-state index in [0.717, 1.165) is 35.1 Å². The van der Waals surface area contributed by atoms with Crippen molar-refractivity contribution in [3.63, 3.8) is 0 Å². The molecule has 8 nitrogen and oxygen atoms in total. The summed E-state index contributed by atoms with van der Waals surface area (Å²) in [7, 11) is 0. The number of carbonyl (C=O) groups is 4. The molecule has 4 amide bonds. The first kappa shape index (κ1) is 32.7. The highest BCUT2D eigenvalue weighted by Gasteiger charge is 2.44. The summed E-state index contributed by atoms with van der Waals surface area (Å²) in [6, 6.07) is 34.1. The molecule has 0 bridgehead atoms. The fraction of sp³-hybridized carbons (Fsp3) is 0.300. The van der Waals surface area contributed by atoms with Crippen LogP contribution >= 0.6 is 0 Å². The molecule has 1 aliphatic carbocycles. The van der Waals surface area contributed by atoms with Crippen LogP contribution < -0.4 is 16.0 Å². The first-order valence-corrected chi connectivity index (χ1v) is 16.8. The number of aryl methyl sites for hydroxylation is 1. The Morgan fingerprint density at radius 2 is 1.19 bits per heavy atom. The molecule has 246 valence electrons. The summed E-state index contributed by atoms with van der Waals surface area (Å²) in [5.41, 5.74) is 3.08. The van der Waals surface area contributed by atoms with Crippen LogP contribution in [0.25, 0.3) is 0 Å². The maximum Gasteiger partial charge on any atom is 0.252 e. The van der Waals surface area contributed by atoms with Gasteiger partial charge in [-0.25, -0.2) is 0 Å². The molecule has 1 heterocycles. The smallest absolute Gasteiger partial charge is 0.252 e. The summed E-state index contributed by atoms with van der Waals surface area (Å²) in [5.74, 6) is -1.34. The third-order valence-electron chi connectivity index (χ3n) is 9.47. The Balaban J connectivity index is 1.29. The Morgan fingerprint density at radius 1 is 0.646 bits per heavy atom. The van der Waals surface area contributed by atoms with Gasteiger partial charge < -0.3 is 20.9 Å². The van der Waals surface area contributed by atoms with E-state index in [9.17, 15) is 19.2 Å². The van der Waals surface area contributed by atoms with E-state index in [1.54, 1.807) is 24.3 Å². The van der Waals surface area contributed by atoms with Crippen molar-refractivity contribution >= 4 is 23.6 Å². The quantitative estimate of drug-likeness (QED) is 0.225. The number of nitrogens with one attached hydrogen (secondary N) is 3. The van der Waals surface area contributed by atoms with Gasteiger partial charge in [0.05, 0.1) is 0 Å². The van der Waals surface area contributed by atoms with Crippen LogP contribution in [-0.2, 0) is 40.1 Å². The molecule has 6 rings (SSSR count). The van der Waals surface area contributed by atoms with Crippen molar-refractivity contribution in [1.29, 1.82) is 0 Å². The molecular weight excluding hydrogens is 600 g/mol. The average molecular weight is 643 g/mol. The standard InChI is InChI=1S/C40H42N4O4/c45-36(32-19-8-3-9-20-32)43-40(23-22-31-18-10-11-21-33(31)28-40)39(48)42-34(26-29-14-4-1-5-15-29)37(46)41-35(27-30-16-6-2-7-17-30)38(47)44-24-12-13-25-44/h1-11,14-21,34-35H,12-13,22-28H2,(H,41,46)(H,42,48)(H,43,45)/t34-,35-,40-/m0/s1. The second kappa shape index (κ2) is 15.1. The fourth-order valence-electron chi connectivity index (χ4n) is 6.81. The van der Waals surface area contributed by atoms with Gasteiger partial charge in [-0.3, -0.25) is 19.2 Å². The van der Waals surface area contributed by atoms with E-state index >= 15 is 0 Å². The molecule has 48 heavy (non-hydrogen) atoms. The van der Waals surface area contributed by atoms with Gasteiger partial charge in [0, 0.05) is 37.9 Å². The van der Waals surface area contributed by atoms with Crippen molar-refractivity contribution < 1.29 is 19.2 Å². The predicted molar refractivity (Wildman–Crippen MR) is 185 cm³/mol. The van der Waals surface area contributed by atoms with Crippen molar-refractivity contribution in [3.05, 3.63) is 143 Å². The van der Waals surface area contributed by atoms with E-state index in [4.69, 9.17) is 0 Å². The van der Waals surface area contributed by atoms with Crippen molar-refractivity contribution in [3.8, 4) is 0 Å². The van der Waals surface area contributed by atoms with Gasteiger partial charge in [0.15, 0.2) is 0 Å². The number of hydrogen-bond donors (Lipinski definition) is 3. The number of carbonyl (C=O) groups excluding carboxylic acids is 4. The highest BCUT2D eigenvalue weighted by Crippen LogP contribution is 2.30. The van der Waals surface area contributed by atoms with Crippen LogP contribution in [0.1, 0.15) is 51.9 Å². The molecule has 3 atom stereocenters. The van der Waals surface area contributed by atoms with Gasteiger partial charge in [0.25, 0.3) is 5.91 Å². The molecule has 0 unspecified atom stereocenters. The molecule has 1 fully saturated rings. The summed E-state index contributed by atoms with van der Waals surface area (Å²) in [5, 5.41) is 9.17. The van der Waals surface area contributed by atoms with Gasteiger partial charge >= 0.3 is 0 Å². The molecule has 1 saturated heterocycles. The van der Waals surface area contributed by atoms with E-state index in [-0.39, 0.29) is 24.7 Å². The normalized spacial score (nSPS) is 18.2. The third kappa shape index (κ3) is 7.82. The zero-order valence-corrected chi connectivity index (χ0v) is 27.1. The Kier molecular flexibility index (Phi) is 10.3. The molecule has 0 radical (unpaired) electrons. The largest absolute Gasteiger partial charge is 0.342 e. The molecular formula is C40H42N4O4. The number of fused-ring (bicyclic) bond motifs is 1. The van der Waals surface area contributed by atoms with E-state index < -0.39 is 29.4 Å². The number of rotatable bonds is 11. The van der Waals surface area contributed by atoms with Crippen molar-refractivity contribution in [1.82, 2.24) is 20.9 Å². The maximum atomic E-state index is 14.5. The molecule has 0 saturated carbocycles. The van der Waals surface area contributed by atoms with Gasteiger partial charge in [0.2, 0.25) is 17.7 Å². The van der Waals surface area contributed by atoms with Gasteiger partial charge in [-0.1, -0.05) is 103 Å². The Hall–Kier alpha value is -5.24. The molecule has 8 heteroatoms. The topological polar surface area (TPSA) is 108 Å². The van der Waals surface area contributed by atoms with E-state index in [1.165, 1.54) is 0 Å². The zero-order valence-electron chi connectivity index (χ0n) is 27.1. The summed E-state index contributed by atoms with van der Waals surface area (Å²) in [6.07, 6.45) is 3.68. The van der Waals surface area contributed by atoms with Crippen LogP contribution in [0.2, 0.25) is 0 Å². The molecule has 3 N–H and O–H groups in total. The molecule has 0 spiro atoms. The summed E-state index contributed by atoms with van der Waals surface area (Å²) < 4.78 is 0. The molecule has 2 aliphatic rings. The van der Waals surface area contributed by atoms with E-state index in [0.29, 0.717) is 37.9 Å². The number of benzene rings is 4. The van der Waals surface area contributed by atoms with E-state index in [1.807, 2.05) is 95.9 Å². The van der Waals surface area contributed by atoms with Gasteiger partial charge in [-0.05, 0) is 60.1 Å². The number of amides is 4. The lowest BCUT2D eigenvalue weighted by Crippen LogP contribution is -2.65. The summed E-state index contributed by atoms with van der Waals surface area (Å²) in [4.78, 5) is 57.9. The monoisotopic (exact) mass is 642 g/mol. The minimum absolute atomic E-state index is 0.120. The second-order valence-electron chi connectivity index (χ2n) is 12.8. The first-order chi connectivity index (χ1) is 23.4. The SMILES string of the molecule is O=C(N[C@@]1(C(=O)N[C@@H](Cc2ccccc2)C(=O)N[C@@H](Cc2ccccc2)C(=O)N2CCCC2)CCc2ccccc2C1)c1ccccc1.